The summed E-state index contributed by atoms with van der Waals surface area (Å²) in [6.45, 7) is 4.59. The fourth-order valence-electron chi connectivity index (χ4n) is 2.18. The maximum absolute atomic E-state index is 11.0. The standard InChI is InChI=1S/C16H19N3O2/c1-12-10-15(19(20)21)16(18-11-12)17-9-8-13(2)14-6-4-3-5-7-14/h3-7,10-11,13H,8-9H2,1-2H3,(H,17,18). The van der Waals surface area contributed by atoms with Crippen molar-refractivity contribution in [2.24, 2.45) is 0 Å². The summed E-state index contributed by atoms with van der Waals surface area (Å²) in [4.78, 5) is 14.7. The van der Waals surface area contributed by atoms with Gasteiger partial charge >= 0.3 is 5.69 Å². The number of aryl methyl sites for hydroxylation is 1. The third-order valence-electron chi connectivity index (χ3n) is 3.44. The molecule has 5 nitrogen and oxygen atoms in total. The average molecular weight is 285 g/mol. The molecule has 1 atom stereocenters. The van der Waals surface area contributed by atoms with Crippen LogP contribution in [0.3, 0.4) is 0 Å². The van der Waals surface area contributed by atoms with Crippen LogP contribution in [-0.2, 0) is 0 Å². The molecule has 1 aromatic heterocycles. The molecule has 0 spiro atoms. The van der Waals surface area contributed by atoms with Gasteiger partial charge in [0.05, 0.1) is 4.92 Å². The lowest BCUT2D eigenvalue weighted by Gasteiger charge is -2.12. The second kappa shape index (κ2) is 6.83. The van der Waals surface area contributed by atoms with Gasteiger partial charge in [-0.15, -0.1) is 0 Å². The zero-order valence-electron chi connectivity index (χ0n) is 12.2. The van der Waals surface area contributed by atoms with Gasteiger partial charge in [0, 0.05) is 18.8 Å². The smallest absolute Gasteiger partial charge is 0.311 e. The maximum atomic E-state index is 11.0. The van der Waals surface area contributed by atoms with Crippen molar-refractivity contribution in [3.05, 3.63) is 63.8 Å². The number of nitro groups is 1. The first-order valence-electron chi connectivity index (χ1n) is 6.98. The van der Waals surface area contributed by atoms with Gasteiger partial charge in [0.1, 0.15) is 0 Å². The molecule has 0 aliphatic carbocycles. The van der Waals surface area contributed by atoms with Crippen molar-refractivity contribution < 1.29 is 4.92 Å². The lowest BCUT2D eigenvalue weighted by molar-refractivity contribution is -0.384. The van der Waals surface area contributed by atoms with Crippen molar-refractivity contribution in [2.75, 3.05) is 11.9 Å². The van der Waals surface area contributed by atoms with Crippen LogP contribution in [-0.4, -0.2) is 16.5 Å². The Morgan fingerprint density at radius 1 is 1.33 bits per heavy atom. The summed E-state index contributed by atoms with van der Waals surface area (Å²) in [7, 11) is 0. The number of rotatable bonds is 6. The predicted octanol–water partition coefficient (Wildman–Crippen LogP) is 3.90. The number of pyridine rings is 1. The molecule has 0 saturated heterocycles. The van der Waals surface area contributed by atoms with Gasteiger partial charge in [-0.2, -0.15) is 0 Å². The molecular formula is C16H19N3O2. The van der Waals surface area contributed by atoms with Crippen LogP contribution in [0.1, 0.15) is 30.4 Å². The van der Waals surface area contributed by atoms with Gasteiger partial charge in [-0.05, 0) is 30.4 Å². The largest absolute Gasteiger partial charge is 0.364 e. The third kappa shape index (κ3) is 4.02. The Morgan fingerprint density at radius 3 is 2.71 bits per heavy atom. The summed E-state index contributed by atoms with van der Waals surface area (Å²) in [5.74, 6) is 0.731. The Balaban J connectivity index is 1.96. The molecule has 1 aromatic carbocycles. The fourth-order valence-corrected chi connectivity index (χ4v) is 2.18. The van der Waals surface area contributed by atoms with Crippen molar-refractivity contribution in [3.8, 4) is 0 Å². The quantitative estimate of drug-likeness (QED) is 0.645. The van der Waals surface area contributed by atoms with Crippen LogP contribution < -0.4 is 5.32 Å². The zero-order valence-corrected chi connectivity index (χ0v) is 12.2. The highest BCUT2D eigenvalue weighted by Gasteiger charge is 2.15. The molecule has 1 unspecified atom stereocenters. The van der Waals surface area contributed by atoms with E-state index in [1.807, 2.05) is 18.2 Å². The van der Waals surface area contributed by atoms with Crippen molar-refractivity contribution in [1.29, 1.82) is 0 Å². The van der Waals surface area contributed by atoms with E-state index in [1.165, 1.54) is 11.6 Å². The molecule has 2 aromatic rings. The number of anilines is 1. The normalized spacial score (nSPS) is 11.9. The number of aromatic nitrogens is 1. The average Bonchev–Trinajstić information content (AvgIpc) is 2.49. The Morgan fingerprint density at radius 2 is 2.05 bits per heavy atom. The Bertz CT molecular complexity index is 614. The Labute approximate surface area is 124 Å². The van der Waals surface area contributed by atoms with Crippen LogP contribution in [0.25, 0.3) is 0 Å². The lowest BCUT2D eigenvalue weighted by Crippen LogP contribution is -2.09. The van der Waals surface area contributed by atoms with Gasteiger partial charge < -0.3 is 5.32 Å². The first-order valence-corrected chi connectivity index (χ1v) is 6.98. The molecule has 0 saturated carbocycles. The van der Waals surface area contributed by atoms with E-state index >= 15 is 0 Å². The second-order valence-corrected chi connectivity index (χ2v) is 5.16. The molecule has 110 valence electrons. The molecule has 1 heterocycles. The summed E-state index contributed by atoms with van der Waals surface area (Å²) in [5, 5.41) is 14.1. The maximum Gasteiger partial charge on any atom is 0.311 e. The summed E-state index contributed by atoms with van der Waals surface area (Å²) in [6, 6.07) is 11.8. The molecule has 0 amide bonds. The van der Waals surface area contributed by atoms with E-state index in [2.05, 4.69) is 29.4 Å². The minimum atomic E-state index is -0.400. The van der Waals surface area contributed by atoms with E-state index in [9.17, 15) is 10.1 Å². The molecule has 0 bridgehead atoms. The van der Waals surface area contributed by atoms with E-state index in [0.717, 1.165) is 12.0 Å². The Hall–Kier alpha value is -2.43. The number of nitrogens with one attached hydrogen (secondary N) is 1. The number of hydrogen-bond acceptors (Lipinski definition) is 4. The molecule has 0 radical (unpaired) electrons. The second-order valence-electron chi connectivity index (χ2n) is 5.16. The highest BCUT2D eigenvalue weighted by molar-refractivity contribution is 5.56. The van der Waals surface area contributed by atoms with E-state index in [4.69, 9.17) is 0 Å². The van der Waals surface area contributed by atoms with Crippen LogP contribution in [0, 0.1) is 17.0 Å². The SMILES string of the molecule is Cc1cnc(NCCC(C)c2ccccc2)c([N+](=O)[O-])c1. The fraction of sp³-hybridized carbons (Fsp3) is 0.312. The summed E-state index contributed by atoms with van der Waals surface area (Å²) in [5.41, 5.74) is 2.08. The van der Waals surface area contributed by atoms with Crippen LogP contribution in [0.2, 0.25) is 0 Å². The van der Waals surface area contributed by atoms with Crippen molar-refractivity contribution in [2.45, 2.75) is 26.2 Å². The van der Waals surface area contributed by atoms with Gasteiger partial charge in [-0.3, -0.25) is 10.1 Å². The molecule has 2 rings (SSSR count). The van der Waals surface area contributed by atoms with Gasteiger partial charge in [0.2, 0.25) is 5.82 Å². The molecule has 0 aliphatic rings. The molecule has 0 aliphatic heterocycles. The molecule has 1 N–H and O–H groups in total. The van der Waals surface area contributed by atoms with E-state index in [0.29, 0.717) is 18.3 Å². The van der Waals surface area contributed by atoms with Gasteiger partial charge in [0.25, 0.3) is 0 Å². The first kappa shape index (κ1) is 15.0. The molecule has 0 fully saturated rings. The number of nitrogens with zero attached hydrogens (tertiary/aromatic N) is 2. The molecule has 21 heavy (non-hydrogen) atoms. The molecule has 5 heteroatoms. The Kier molecular flexibility index (Phi) is 4.87. The predicted molar refractivity (Wildman–Crippen MR) is 83.6 cm³/mol. The van der Waals surface area contributed by atoms with Crippen LogP contribution in [0.15, 0.2) is 42.6 Å². The first-order chi connectivity index (χ1) is 10.1. The monoisotopic (exact) mass is 285 g/mol. The van der Waals surface area contributed by atoms with Crippen molar-refractivity contribution >= 4 is 11.5 Å². The number of benzene rings is 1. The zero-order chi connectivity index (χ0) is 15.2. The lowest BCUT2D eigenvalue weighted by atomic mass is 9.98. The third-order valence-corrected chi connectivity index (χ3v) is 3.44. The van der Waals surface area contributed by atoms with Crippen LogP contribution in [0.5, 0.6) is 0 Å². The number of hydrogen-bond donors (Lipinski definition) is 1. The van der Waals surface area contributed by atoms with Crippen LogP contribution >= 0.6 is 0 Å². The van der Waals surface area contributed by atoms with Crippen LogP contribution in [0.4, 0.5) is 11.5 Å². The van der Waals surface area contributed by atoms with Gasteiger partial charge in [0.15, 0.2) is 0 Å². The summed E-state index contributed by atoms with van der Waals surface area (Å²) in [6.07, 6.45) is 2.52. The highest BCUT2D eigenvalue weighted by atomic mass is 16.6. The summed E-state index contributed by atoms with van der Waals surface area (Å²) < 4.78 is 0. The minimum Gasteiger partial charge on any atom is -0.364 e. The van der Waals surface area contributed by atoms with Crippen molar-refractivity contribution in [1.82, 2.24) is 4.98 Å². The topological polar surface area (TPSA) is 68.1 Å². The van der Waals surface area contributed by atoms with E-state index in [-0.39, 0.29) is 5.69 Å². The van der Waals surface area contributed by atoms with E-state index < -0.39 is 4.92 Å². The highest BCUT2D eigenvalue weighted by Crippen LogP contribution is 2.23. The van der Waals surface area contributed by atoms with Crippen molar-refractivity contribution in [3.63, 3.8) is 0 Å². The van der Waals surface area contributed by atoms with E-state index in [1.54, 1.807) is 13.1 Å². The molecular weight excluding hydrogens is 266 g/mol. The van der Waals surface area contributed by atoms with Gasteiger partial charge in [-0.25, -0.2) is 4.98 Å². The van der Waals surface area contributed by atoms with Gasteiger partial charge in [-0.1, -0.05) is 37.3 Å². The summed E-state index contributed by atoms with van der Waals surface area (Å²) >= 11 is 0. The minimum absolute atomic E-state index is 0.0300.